The lowest BCUT2D eigenvalue weighted by Gasteiger charge is -2.54. The van der Waals surface area contributed by atoms with Gasteiger partial charge in [-0.2, -0.15) is 0 Å². The quantitative estimate of drug-likeness (QED) is 0.173. The van der Waals surface area contributed by atoms with Crippen LogP contribution in [0.5, 0.6) is 11.5 Å². The van der Waals surface area contributed by atoms with Crippen LogP contribution in [-0.2, 0) is 9.59 Å². The Labute approximate surface area is 341 Å². The molecule has 302 valence electrons. The molecule has 4 fully saturated rings. The molecule has 2 unspecified atom stereocenters. The maximum Gasteiger partial charge on any atom is 0.249 e. The fraction of sp³-hybridized carbons (Fsp3) is 0.458. The first-order chi connectivity index (χ1) is 28.2. The zero-order valence-corrected chi connectivity index (χ0v) is 33.4. The van der Waals surface area contributed by atoms with E-state index < -0.39 is 12.4 Å². The molecule has 10 heteroatoms. The Hall–Kier alpha value is -5.06. The van der Waals surface area contributed by atoms with E-state index in [0.29, 0.717) is 24.4 Å². The van der Waals surface area contributed by atoms with Crippen molar-refractivity contribution >= 4 is 28.9 Å². The number of aromatic hydroxyl groups is 1. The van der Waals surface area contributed by atoms with Gasteiger partial charge in [0, 0.05) is 62.3 Å². The molecule has 3 saturated heterocycles. The fourth-order valence-electron chi connectivity index (χ4n) is 11.5. The third-order valence-electron chi connectivity index (χ3n) is 14.6. The van der Waals surface area contributed by atoms with Crippen LogP contribution in [0.1, 0.15) is 91.4 Å². The number of phenolic OH excluding ortho intramolecular Hbond substituents is 1. The number of fused-ring (bicyclic) bond motifs is 2. The maximum absolute atomic E-state index is 12.7. The van der Waals surface area contributed by atoms with E-state index in [9.17, 15) is 19.8 Å². The number of carbonyl (C=O) groups is 2. The summed E-state index contributed by atoms with van der Waals surface area (Å²) >= 11 is 0. The number of hydrogen-bond donors (Lipinski definition) is 3. The van der Waals surface area contributed by atoms with E-state index in [4.69, 9.17) is 4.74 Å². The zero-order chi connectivity index (χ0) is 39.5. The number of nitrogens with zero attached hydrogens (tertiary/aromatic N) is 4. The fourth-order valence-corrected chi connectivity index (χ4v) is 11.5. The zero-order valence-electron chi connectivity index (χ0n) is 33.4. The van der Waals surface area contributed by atoms with Crippen molar-refractivity contribution in [2.75, 3.05) is 61.1 Å². The van der Waals surface area contributed by atoms with Crippen LogP contribution >= 0.6 is 0 Å². The van der Waals surface area contributed by atoms with Gasteiger partial charge in [0.25, 0.3) is 0 Å². The van der Waals surface area contributed by atoms with Crippen molar-refractivity contribution in [3.8, 4) is 11.5 Å². The number of piperidine rings is 3. The Bertz CT molecular complexity index is 2150. The highest BCUT2D eigenvalue weighted by Crippen LogP contribution is 2.54. The van der Waals surface area contributed by atoms with Crippen molar-refractivity contribution in [3.05, 3.63) is 113 Å². The molecule has 4 aromatic carbocycles. The molecule has 6 aliphatic rings. The number of aliphatic hydroxyl groups is 1. The topological polar surface area (TPSA) is 109 Å². The van der Waals surface area contributed by atoms with Gasteiger partial charge in [-0.3, -0.25) is 14.9 Å². The number of rotatable bonds is 7. The Morgan fingerprint density at radius 2 is 1.55 bits per heavy atom. The minimum atomic E-state index is -0.936. The van der Waals surface area contributed by atoms with Gasteiger partial charge in [0.15, 0.2) is 0 Å². The average molecular weight is 782 g/mol. The van der Waals surface area contributed by atoms with Gasteiger partial charge in [-0.15, -0.1) is 0 Å². The minimum absolute atomic E-state index is 0.152. The highest BCUT2D eigenvalue weighted by atomic mass is 16.5. The minimum Gasteiger partial charge on any atom is -0.508 e. The summed E-state index contributed by atoms with van der Waals surface area (Å²) in [6, 6.07) is 31.4. The number of nitrogens with one attached hydrogen (secondary N) is 1. The Balaban J connectivity index is 0.715. The van der Waals surface area contributed by atoms with E-state index in [1.165, 1.54) is 54.6 Å². The first-order valence-electron chi connectivity index (χ1n) is 21.5. The summed E-state index contributed by atoms with van der Waals surface area (Å²) < 4.78 is 6.19. The molecule has 0 radical (unpaired) electrons. The van der Waals surface area contributed by atoms with E-state index in [1.54, 1.807) is 17.0 Å². The first-order valence-corrected chi connectivity index (χ1v) is 21.5. The number of carbonyl (C=O) groups excluding carboxylic acids is 2. The molecule has 1 aliphatic carbocycles. The van der Waals surface area contributed by atoms with Crippen molar-refractivity contribution in [1.29, 1.82) is 0 Å². The summed E-state index contributed by atoms with van der Waals surface area (Å²) in [4.78, 5) is 33.3. The van der Waals surface area contributed by atoms with Crippen LogP contribution in [0.4, 0.5) is 17.1 Å². The number of ether oxygens (including phenoxy) is 1. The molecule has 1 spiro atoms. The van der Waals surface area contributed by atoms with Crippen LogP contribution in [-0.4, -0.2) is 85.7 Å². The molecule has 10 nitrogen and oxygen atoms in total. The predicted molar refractivity (Wildman–Crippen MR) is 226 cm³/mol. The van der Waals surface area contributed by atoms with Crippen molar-refractivity contribution in [1.82, 2.24) is 10.2 Å². The van der Waals surface area contributed by atoms with Crippen LogP contribution in [0.2, 0.25) is 0 Å². The molecule has 58 heavy (non-hydrogen) atoms. The van der Waals surface area contributed by atoms with Gasteiger partial charge >= 0.3 is 0 Å². The third-order valence-corrected chi connectivity index (χ3v) is 14.6. The predicted octanol–water partition coefficient (Wildman–Crippen LogP) is 6.91. The lowest BCUT2D eigenvalue weighted by molar-refractivity contribution is -0.134. The molecule has 4 aromatic rings. The molecule has 0 bridgehead atoms. The second-order valence-corrected chi connectivity index (χ2v) is 18.0. The third kappa shape index (κ3) is 6.77. The van der Waals surface area contributed by atoms with Crippen molar-refractivity contribution in [2.45, 2.75) is 81.5 Å². The normalized spacial score (nSPS) is 26.2. The second kappa shape index (κ2) is 15.0. The van der Waals surface area contributed by atoms with Crippen LogP contribution in [0.3, 0.4) is 0 Å². The van der Waals surface area contributed by atoms with Gasteiger partial charge in [0.1, 0.15) is 17.5 Å². The van der Waals surface area contributed by atoms with Crippen LogP contribution in [0.25, 0.3) is 0 Å². The number of imide groups is 1. The summed E-state index contributed by atoms with van der Waals surface area (Å²) in [7, 11) is 1.87. The van der Waals surface area contributed by atoms with Crippen LogP contribution in [0.15, 0.2) is 91.0 Å². The summed E-state index contributed by atoms with van der Waals surface area (Å²) in [6.45, 7) is 6.24. The highest BCUT2D eigenvalue weighted by Gasteiger charge is 2.47. The molecular weight excluding hydrogens is 727 g/mol. The lowest BCUT2D eigenvalue weighted by Crippen LogP contribution is -2.56. The number of likely N-dealkylation sites (tertiary alicyclic amines) is 1. The summed E-state index contributed by atoms with van der Waals surface area (Å²) in [5.41, 5.74) is 8.60. The van der Waals surface area contributed by atoms with Crippen molar-refractivity contribution < 1.29 is 24.5 Å². The lowest BCUT2D eigenvalue weighted by atomic mass is 9.57. The number of amides is 2. The van der Waals surface area contributed by atoms with Crippen molar-refractivity contribution in [2.24, 2.45) is 11.3 Å². The Morgan fingerprint density at radius 3 is 2.29 bits per heavy atom. The first kappa shape index (κ1) is 37.2. The number of hydrogen-bond acceptors (Lipinski definition) is 9. The van der Waals surface area contributed by atoms with E-state index >= 15 is 0 Å². The number of benzene rings is 4. The molecule has 2 amide bonds. The van der Waals surface area contributed by atoms with Gasteiger partial charge in [-0.25, -0.2) is 0 Å². The van der Waals surface area contributed by atoms with Gasteiger partial charge in [0.2, 0.25) is 18.2 Å². The average Bonchev–Trinajstić information content (AvgIpc) is 3.48. The molecular formula is C48H55N5O5. The van der Waals surface area contributed by atoms with Gasteiger partial charge < -0.3 is 34.5 Å². The molecule has 5 aliphatic heterocycles. The molecule has 0 aromatic heterocycles. The number of aliphatic hydroxyl groups excluding tert-OH is 1. The molecule has 10 rings (SSSR count). The SMILES string of the molecule is CN1c2cc(C3CCN(CC4CC5(CCN(c6ccc([C@@H]7c8ccc(O)cc8OC[C@@H]7c7ccccc7)cc6)CC5)C4)CC3)ccc2N(C2CCC(=O)NC2=O)C1O. The maximum atomic E-state index is 12.7. The summed E-state index contributed by atoms with van der Waals surface area (Å²) in [6.07, 6.45) is 7.24. The highest BCUT2D eigenvalue weighted by molar-refractivity contribution is 6.02. The van der Waals surface area contributed by atoms with Gasteiger partial charge in [-0.1, -0.05) is 54.6 Å². The largest absolute Gasteiger partial charge is 0.508 e. The summed E-state index contributed by atoms with van der Waals surface area (Å²) in [5, 5.41) is 23.7. The van der Waals surface area contributed by atoms with Gasteiger partial charge in [-0.05, 0) is 122 Å². The Morgan fingerprint density at radius 1 is 0.810 bits per heavy atom. The molecule has 3 N–H and O–H groups in total. The van der Waals surface area contributed by atoms with E-state index in [0.717, 1.165) is 67.6 Å². The standard InChI is InChI=1S/C48H55N5O5/c1-50-42-25-35(9-14-40(42)53(47(50)57)41-15-16-44(55)49-46(41)56)32-17-21-51(22-18-32)29-31-27-48(28-31)19-23-52(24-20-48)36-10-7-34(8-11-36)45-38-13-12-37(54)26-43(38)58-30-39(45)33-5-3-2-4-6-33/h2-14,25-26,31-32,39,41,45,47,54,57H,15-24,27-30H2,1H3,(H,49,55,56)/t39-,41?,45-,47?/m1/s1. The Kier molecular flexibility index (Phi) is 9.60. The molecule has 4 atom stereocenters. The second-order valence-electron chi connectivity index (χ2n) is 18.0. The molecule has 5 heterocycles. The van der Waals surface area contributed by atoms with Crippen LogP contribution < -0.4 is 24.8 Å². The number of anilines is 3. The van der Waals surface area contributed by atoms with E-state index in [2.05, 4.69) is 87.9 Å². The summed E-state index contributed by atoms with van der Waals surface area (Å²) in [5.74, 6) is 2.05. The monoisotopic (exact) mass is 781 g/mol. The smallest absolute Gasteiger partial charge is 0.249 e. The van der Waals surface area contributed by atoms with E-state index in [-0.39, 0.29) is 35.8 Å². The van der Waals surface area contributed by atoms with Crippen molar-refractivity contribution in [3.63, 3.8) is 0 Å². The van der Waals surface area contributed by atoms with Gasteiger partial charge in [0.05, 0.1) is 18.0 Å². The van der Waals surface area contributed by atoms with Crippen LogP contribution in [0, 0.1) is 11.3 Å². The van der Waals surface area contributed by atoms with E-state index in [1.807, 2.05) is 18.0 Å². The number of phenols is 1. The molecule has 1 saturated carbocycles.